The van der Waals surface area contributed by atoms with E-state index in [1.165, 1.54) is 24.9 Å². The predicted molar refractivity (Wildman–Crippen MR) is 74.1 cm³/mol. The van der Waals surface area contributed by atoms with Gasteiger partial charge in [0.2, 0.25) is 0 Å². The maximum Gasteiger partial charge on any atom is 0.0951 e. The minimum Gasteiger partial charge on any atom is -0.472 e. The highest BCUT2D eigenvalue weighted by atomic mass is 16.5. The Morgan fingerprint density at radius 2 is 2.47 bits per heavy atom. The highest BCUT2D eigenvalue weighted by Gasteiger charge is 2.36. The molecule has 2 fully saturated rings. The summed E-state index contributed by atoms with van der Waals surface area (Å²) in [5, 5.41) is 3.61. The number of fused-ring (bicyclic) bond motifs is 1. The van der Waals surface area contributed by atoms with E-state index < -0.39 is 0 Å². The number of rotatable bonds is 5. The molecule has 4 nitrogen and oxygen atoms in total. The second-order valence-corrected chi connectivity index (χ2v) is 5.65. The summed E-state index contributed by atoms with van der Waals surface area (Å²) in [4.78, 5) is 2.59. The van der Waals surface area contributed by atoms with E-state index >= 15 is 0 Å². The third kappa shape index (κ3) is 2.86. The zero-order valence-corrected chi connectivity index (χ0v) is 11.7. The standard InChI is InChI=1S/C15H24N2O2/c1-2-6-16-15(12-5-8-18-10-12)14-9-17-7-3-4-13(17)11-19-14/h5,8,10,13-16H,2-4,6-7,9,11H2,1H3. The first kappa shape index (κ1) is 13.2. The van der Waals surface area contributed by atoms with Crippen molar-refractivity contribution in [1.82, 2.24) is 10.2 Å². The van der Waals surface area contributed by atoms with Crippen molar-refractivity contribution in [2.45, 2.75) is 44.4 Å². The van der Waals surface area contributed by atoms with Crippen LogP contribution in [0.4, 0.5) is 0 Å². The Hall–Kier alpha value is -0.840. The molecule has 2 saturated heterocycles. The van der Waals surface area contributed by atoms with Crippen LogP contribution in [0.5, 0.6) is 0 Å². The highest BCUT2D eigenvalue weighted by Crippen LogP contribution is 2.29. The fourth-order valence-electron chi connectivity index (χ4n) is 3.26. The number of hydrogen-bond acceptors (Lipinski definition) is 4. The first-order valence-corrected chi connectivity index (χ1v) is 7.49. The van der Waals surface area contributed by atoms with E-state index in [9.17, 15) is 0 Å². The summed E-state index contributed by atoms with van der Waals surface area (Å²) in [6.07, 6.45) is 7.57. The van der Waals surface area contributed by atoms with Crippen LogP contribution in [0.2, 0.25) is 0 Å². The highest BCUT2D eigenvalue weighted by molar-refractivity contribution is 5.14. The van der Waals surface area contributed by atoms with Gasteiger partial charge in [0.15, 0.2) is 0 Å². The zero-order valence-electron chi connectivity index (χ0n) is 11.7. The van der Waals surface area contributed by atoms with Crippen molar-refractivity contribution >= 4 is 0 Å². The maximum atomic E-state index is 6.13. The Labute approximate surface area is 115 Å². The first-order valence-electron chi connectivity index (χ1n) is 7.49. The summed E-state index contributed by atoms with van der Waals surface area (Å²) < 4.78 is 11.4. The summed E-state index contributed by atoms with van der Waals surface area (Å²) in [5.74, 6) is 0. The van der Waals surface area contributed by atoms with E-state index in [0.717, 1.165) is 26.1 Å². The average molecular weight is 264 g/mol. The molecular weight excluding hydrogens is 240 g/mol. The summed E-state index contributed by atoms with van der Waals surface area (Å²) in [6, 6.07) is 2.96. The molecule has 2 aliphatic rings. The lowest BCUT2D eigenvalue weighted by Crippen LogP contribution is -2.50. The molecule has 19 heavy (non-hydrogen) atoms. The zero-order chi connectivity index (χ0) is 13.1. The number of nitrogens with zero attached hydrogens (tertiary/aromatic N) is 1. The van der Waals surface area contributed by atoms with Crippen molar-refractivity contribution in [2.75, 3.05) is 26.2 Å². The Balaban J connectivity index is 1.69. The van der Waals surface area contributed by atoms with E-state index in [2.05, 4.69) is 17.1 Å². The molecular formula is C15H24N2O2. The van der Waals surface area contributed by atoms with Gasteiger partial charge in [-0.1, -0.05) is 6.92 Å². The van der Waals surface area contributed by atoms with Crippen LogP contribution in [0.15, 0.2) is 23.0 Å². The van der Waals surface area contributed by atoms with Crippen molar-refractivity contribution in [1.29, 1.82) is 0 Å². The van der Waals surface area contributed by atoms with E-state index in [4.69, 9.17) is 9.15 Å². The van der Waals surface area contributed by atoms with Crippen LogP contribution >= 0.6 is 0 Å². The van der Waals surface area contributed by atoms with Crippen LogP contribution in [0, 0.1) is 0 Å². The number of nitrogens with one attached hydrogen (secondary N) is 1. The molecule has 3 atom stereocenters. The van der Waals surface area contributed by atoms with E-state index in [-0.39, 0.29) is 12.1 Å². The Morgan fingerprint density at radius 3 is 3.26 bits per heavy atom. The third-order valence-electron chi connectivity index (χ3n) is 4.30. The van der Waals surface area contributed by atoms with Gasteiger partial charge >= 0.3 is 0 Å². The van der Waals surface area contributed by atoms with Gasteiger partial charge in [0, 0.05) is 18.2 Å². The molecule has 3 heterocycles. The van der Waals surface area contributed by atoms with Crippen LogP contribution in [0.3, 0.4) is 0 Å². The molecule has 0 aliphatic carbocycles. The quantitative estimate of drug-likeness (QED) is 0.884. The van der Waals surface area contributed by atoms with Gasteiger partial charge in [-0.2, -0.15) is 0 Å². The fraction of sp³-hybridized carbons (Fsp3) is 0.733. The van der Waals surface area contributed by atoms with Crippen LogP contribution in [0.25, 0.3) is 0 Å². The lowest BCUT2D eigenvalue weighted by atomic mass is 10.0. The summed E-state index contributed by atoms with van der Waals surface area (Å²) in [5.41, 5.74) is 1.20. The Kier molecular flexibility index (Phi) is 4.21. The van der Waals surface area contributed by atoms with Crippen LogP contribution < -0.4 is 5.32 Å². The Morgan fingerprint density at radius 1 is 1.53 bits per heavy atom. The smallest absolute Gasteiger partial charge is 0.0951 e. The minimum absolute atomic E-state index is 0.235. The predicted octanol–water partition coefficient (Wildman–Crippen LogP) is 2.18. The van der Waals surface area contributed by atoms with Crippen LogP contribution in [-0.2, 0) is 4.74 Å². The molecule has 0 spiro atoms. The van der Waals surface area contributed by atoms with Gasteiger partial charge in [-0.15, -0.1) is 0 Å². The molecule has 0 radical (unpaired) electrons. The largest absolute Gasteiger partial charge is 0.472 e. The van der Waals surface area contributed by atoms with Crippen molar-refractivity contribution in [3.8, 4) is 0 Å². The molecule has 4 heteroatoms. The topological polar surface area (TPSA) is 37.6 Å². The van der Waals surface area contributed by atoms with Gasteiger partial charge < -0.3 is 14.5 Å². The normalized spacial score (nSPS) is 29.3. The van der Waals surface area contributed by atoms with Gasteiger partial charge in [0.1, 0.15) is 0 Å². The van der Waals surface area contributed by atoms with E-state index in [1.807, 2.05) is 12.3 Å². The van der Waals surface area contributed by atoms with Crippen molar-refractivity contribution in [2.24, 2.45) is 0 Å². The first-order chi connectivity index (χ1) is 9.38. The number of hydrogen-bond donors (Lipinski definition) is 1. The fourth-order valence-corrected chi connectivity index (χ4v) is 3.26. The van der Waals surface area contributed by atoms with Crippen LogP contribution in [-0.4, -0.2) is 43.3 Å². The molecule has 0 aromatic carbocycles. The number of morpholine rings is 1. The molecule has 1 aromatic heterocycles. The molecule has 0 amide bonds. The second kappa shape index (κ2) is 6.07. The number of furan rings is 1. The van der Waals surface area contributed by atoms with Crippen molar-refractivity contribution < 1.29 is 9.15 Å². The monoisotopic (exact) mass is 264 g/mol. The van der Waals surface area contributed by atoms with E-state index in [1.54, 1.807) is 6.26 Å². The average Bonchev–Trinajstić information content (AvgIpc) is 3.09. The summed E-state index contributed by atoms with van der Waals surface area (Å²) in [7, 11) is 0. The van der Waals surface area contributed by atoms with Gasteiger partial charge in [-0.25, -0.2) is 0 Å². The lowest BCUT2D eigenvalue weighted by molar-refractivity contribution is -0.0653. The molecule has 1 N–H and O–H groups in total. The molecule has 0 saturated carbocycles. The van der Waals surface area contributed by atoms with Crippen molar-refractivity contribution in [3.05, 3.63) is 24.2 Å². The molecule has 3 unspecified atom stereocenters. The van der Waals surface area contributed by atoms with Gasteiger partial charge in [0.05, 0.1) is 31.3 Å². The SMILES string of the molecule is CCCNC(c1ccoc1)C1CN2CCCC2CO1. The van der Waals surface area contributed by atoms with Gasteiger partial charge in [-0.05, 0) is 38.4 Å². The molecule has 0 bridgehead atoms. The molecule has 1 aromatic rings. The third-order valence-corrected chi connectivity index (χ3v) is 4.30. The van der Waals surface area contributed by atoms with Gasteiger partial charge in [-0.3, -0.25) is 4.90 Å². The maximum absolute atomic E-state index is 6.13. The van der Waals surface area contributed by atoms with Crippen LogP contribution in [0.1, 0.15) is 37.8 Å². The molecule has 3 rings (SSSR count). The number of ether oxygens (including phenoxy) is 1. The lowest BCUT2D eigenvalue weighted by Gasteiger charge is -2.39. The minimum atomic E-state index is 0.235. The second-order valence-electron chi connectivity index (χ2n) is 5.65. The van der Waals surface area contributed by atoms with Crippen molar-refractivity contribution in [3.63, 3.8) is 0 Å². The molecule has 2 aliphatic heterocycles. The summed E-state index contributed by atoms with van der Waals surface area (Å²) in [6.45, 7) is 6.36. The Bertz CT molecular complexity index is 380. The van der Waals surface area contributed by atoms with Gasteiger partial charge in [0.25, 0.3) is 0 Å². The summed E-state index contributed by atoms with van der Waals surface area (Å²) >= 11 is 0. The van der Waals surface area contributed by atoms with E-state index in [0.29, 0.717) is 6.04 Å². The molecule has 106 valence electrons.